The van der Waals surface area contributed by atoms with Crippen molar-refractivity contribution < 1.29 is 9.69 Å². The summed E-state index contributed by atoms with van der Waals surface area (Å²) in [6.07, 6.45) is 3.89. The summed E-state index contributed by atoms with van der Waals surface area (Å²) in [5, 5.41) is 3.52. The zero-order chi connectivity index (χ0) is 19.2. The molecule has 144 valence electrons. The largest absolute Gasteiger partial charge is 0.382 e. The van der Waals surface area contributed by atoms with Gasteiger partial charge in [-0.1, -0.05) is 23.4 Å². The van der Waals surface area contributed by atoms with Gasteiger partial charge < -0.3 is 16.0 Å². The van der Waals surface area contributed by atoms with Crippen molar-refractivity contribution in [2.75, 3.05) is 36.4 Å². The van der Waals surface area contributed by atoms with Crippen molar-refractivity contribution in [3.63, 3.8) is 0 Å². The number of rotatable bonds is 6. The van der Waals surface area contributed by atoms with Crippen molar-refractivity contribution in [2.24, 2.45) is 0 Å². The van der Waals surface area contributed by atoms with Crippen LogP contribution in [0.3, 0.4) is 0 Å². The van der Waals surface area contributed by atoms with Crippen LogP contribution < -0.4 is 21.5 Å². The van der Waals surface area contributed by atoms with Gasteiger partial charge in [0.1, 0.15) is 5.69 Å². The summed E-state index contributed by atoms with van der Waals surface area (Å²) >= 11 is 7.29. The number of hydrogen-bond acceptors (Lipinski definition) is 5. The number of benzene rings is 1. The number of hydrogen-bond donors (Lipinski definition) is 4. The molecule has 2 aromatic rings. The SMILES string of the molecule is Nc1nc(SCC[NH+]2CCCCC2)[nH]c(=O)c1NC(=O)c1ccc(Cl)cc1. The molecule has 1 saturated heterocycles. The predicted octanol–water partition coefficient (Wildman–Crippen LogP) is 1.42. The fourth-order valence-electron chi connectivity index (χ4n) is 3.04. The quantitative estimate of drug-likeness (QED) is 0.427. The number of nitrogens with zero attached hydrogens (tertiary/aromatic N) is 1. The lowest BCUT2D eigenvalue weighted by Gasteiger charge is -2.23. The van der Waals surface area contributed by atoms with Crippen LogP contribution in [0.2, 0.25) is 5.02 Å². The minimum absolute atomic E-state index is 0.00822. The second kappa shape index (κ2) is 9.25. The Morgan fingerprint density at radius 1 is 1.26 bits per heavy atom. The normalized spacial score (nSPS) is 14.9. The van der Waals surface area contributed by atoms with Gasteiger partial charge in [-0.05, 0) is 43.5 Å². The molecule has 2 heterocycles. The molecule has 1 amide bonds. The van der Waals surface area contributed by atoms with Gasteiger partial charge in [0.2, 0.25) is 0 Å². The number of halogens is 1. The molecule has 0 saturated carbocycles. The molecule has 27 heavy (non-hydrogen) atoms. The Labute approximate surface area is 166 Å². The van der Waals surface area contributed by atoms with E-state index in [-0.39, 0.29) is 11.5 Å². The second-order valence-electron chi connectivity index (χ2n) is 6.50. The zero-order valence-electron chi connectivity index (χ0n) is 14.9. The molecule has 1 aromatic carbocycles. The topological polar surface area (TPSA) is 105 Å². The average Bonchev–Trinajstić information content (AvgIpc) is 2.66. The Morgan fingerprint density at radius 2 is 1.96 bits per heavy atom. The number of nitrogens with one attached hydrogen (secondary N) is 3. The number of amides is 1. The number of quaternary nitrogens is 1. The highest BCUT2D eigenvalue weighted by Gasteiger charge is 2.16. The van der Waals surface area contributed by atoms with Crippen molar-refractivity contribution in [3.8, 4) is 0 Å². The zero-order valence-corrected chi connectivity index (χ0v) is 16.5. The molecule has 7 nitrogen and oxygen atoms in total. The summed E-state index contributed by atoms with van der Waals surface area (Å²) in [5.74, 6) is 0.419. The number of carbonyl (C=O) groups is 1. The van der Waals surface area contributed by atoms with E-state index < -0.39 is 11.5 Å². The maximum Gasteiger partial charge on any atom is 0.277 e. The van der Waals surface area contributed by atoms with Gasteiger partial charge in [-0.3, -0.25) is 14.6 Å². The molecule has 0 radical (unpaired) electrons. The van der Waals surface area contributed by atoms with Crippen LogP contribution in [0.5, 0.6) is 0 Å². The Bertz CT molecular complexity index is 850. The van der Waals surface area contributed by atoms with E-state index >= 15 is 0 Å². The summed E-state index contributed by atoms with van der Waals surface area (Å²) in [6.45, 7) is 3.45. The maximum atomic E-state index is 12.3. The van der Waals surface area contributed by atoms with E-state index in [1.165, 1.54) is 44.1 Å². The van der Waals surface area contributed by atoms with Gasteiger partial charge in [-0.15, -0.1) is 0 Å². The molecule has 1 fully saturated rings. The van der Waals surface area contributed by atoms with E-state index in [4.69, 9.17) is 17.3 Å². The standard InChI is InChI=1S/C18H22ClN5O2S/c19-13-6-4-12(5-7-13)16(25)21-14-15(20)22-18(23-17(14)26)27-11-10-24-8-2-1-3-9-24/h4-7H,1-3,8-11H2,(H,21,25)(H3,20,22,23,26)/p+1. The number of H-pyrrole nitrogens is 1. The first kappa shape index (κ1) is 19.7. The van der Waals surface area contributed by atoms with Crippen LogP contribution in [0.4, 0.5) is 11.5 Å². The van der Waals surface area contributed by atoms with Gasteiger partial charge in [0.15, 0.2) is 11.0 Å². The smallest absolute Gasteiger partial charge is 0.277 e. The summed E-state index contributed by atoms with van der Waals surface area (Å²) < 4.78 is 0. The lowest BCUT2D eigenvalue weighted by Crippen LogP contribution is -3.13. The van der Waals surface area contributed by atoms with Gasteiger partial charge in [0.25, 0.3) is 11.5 Å². The van der Waals surface area contributed by atoms with Crippen molar-refractivity contribution in [1.29, 1.82) is 0 Å². The van der Waals surface area contributed by atoms with Crippen LogP contribution >= 0.6 is 23.4 Å². The number of anilines is 2. The molecule has 1 aromatic heterocycles. The van der Waals surface area contributed by atoms with Crippen LogP contribution in [0.1, 0.15) is 29.6 Å². The Hall–Kier alpha value is -2.03. The van der Waals surface area contributed by atoms with Crippen molar-refractivity contribution in [2.45, 2.75) is 24.4 Å². The molecule has 0 aliphatic carbocycles. The summed E-state index contributed by atoms with van der Waals surface area (Å²) in [5.41, 5.74) is 5.78. The molecule has 1 aliphatic rings. The Balaban J connectivity index is 1.61. The van der Waals surface area contributed by atoms with E-state index in [9.17, 15) is 9.59 Å². The molecule has 0 unspecified atom stereocenters. The highest BCUT2D eigenvalue weighted by Crippen LogP contribution is 2.17. The van der Waals surface area contributed by atoms with Crippen LogP contribution in [-0.2, 0) is 0 Å². The second-order valence-corrected chi connectivity index (χ2v) is 8.02. The van der Waals surface area contributed by atoms with E-state index in [1.54, 1.807) is 29.2 Å². The molecule has 3 rings (SSSR count). The lowest BCUT2D eigenvalue weighted by atomic mass is 10.1. The number of thioether (sulfide) groups is 1. The Kier molecular flexibility index (Phi) is 6.76. The van der Waals surface area contributed by atoms with E-state index in [0.29, 0.717) is 15.7 Å². The fraction of sp³-hybridized carbons (Fsp3) is 0.389. The maximum absolute atomic E-state index is 12.3. The lowest BCUT2D eigenvalue weighted by molar-refractivity contribution is -0.902. The summed E-state index contributed by atoms with van der Waals surface area (Å²) in [6, 6.07) is 6.35. The summed E-state index contributed by atoms with van der Waals surface area (Å²) in [7, 11) is 0. The minimum atomic E-state index is -0.461. The highest BCUT2D eigenvalue weighted by atomic mass is 35.5. The first-order valence-electron chi connectivity index (χ1n) is 8.96. The number of nitrogen functional groups attached to an aromatic ring is 1. The third-order valence-electron chi connectivity index (χ3n) is 4.53. The molecule has 0 spiro atoms. The highest BCUT2D eigenvalue weighted by molar-refractivity contribution is 7.99. The van der Waals surface area contributed by atoms with E-state index in [0.717, 1.165) is 12.3 Å². The van der Waals surface area contributed by atoms with Crippen molar-refractivity contribution in [1.82, 2.24) is 9.97 Å². The number of nitrogens with two attached hydrogens (primary N) is 1. The Morgan fingerprint density at radius 3 is 2.63 bits per heavy atom. The van der Waals surface area contributed by atoms with Gasteiger partial charge in [-0.2, -0.15) is 0 Å². The first-order valence-corrected chi connectivity index (χ1v) is 10.3. The number of aromatic amines is 1. The van der Waals surface area contributed by atoms with Crippen LogP contribution in [0.15, 0.2) is 34.2 Å². The third-order valence-corrected chi connectivity index (χ3v) is 5.65. The number of carbonyl (C=O) groups excluding carboxylic acids is 1. The predicted molar refractivity (Wildman–Crippen MR) is 109 cm³/mol. The molecular formula is C18H23ClN5O2S+. The van der Waals surface area contributed by atoms with Gasteiger partial charge in [0, 0.05) is 10.6 Å². The molecule has 5 N–H and O–H groups in total. The number of piperidine rings is 1. The number of likely N-dealkylation sites (tertiary alicyclic amines) is 1. The third kappa shape index (κ3) is 5.47. The average molecular weight is 409 g/mol. The number of aromatic nitrogens is 2. The van der Waals surface area contributed by atoms with Crippen molar-refractivity contribution in [3.05, 3.63) is 45.2 Å². The van der Waals surface area contributed by atoms with Crippen molar-refractivity contribution >= 4 is 40.8 Å². The molecular weight excluding hydrogens is 386 g/mol. The van der Waals surface area contributed by atoms with E-state index in [2.05, 4.69) is 15.3 Å². The minimum Gasteiger partial charge on any atom is -0.382 e. The molecule has 0 atom stereocenters. The molecule has 0 bridgehead atoms. The van der Waals surface area contributed by atoms with Crippen LogP contribution in [-0.4, -0.2) is 41.3 Å². The van der Waals surface area contributed by atoms with Gasteiger partial charge >= 0.3 is 0 Å². The monoisotopic (exact) mass is 408 g/mol. The van der Waals surface area contributed by atoms with Crippen LogP contribution in [0.25, 0.3) is 0 Å². The first-order chi connectivity index (χ1) is 13.0. The van der Waals surface area contributed by atoms with Gasteiger partial charge in [0.05, 0.1) is 25.4 Å². The van der Waals surface area contributed by atoms with Crippen LogP contribution in [0, 0.1) is 0 Å². The van der Waals surface area contributed by atoms with E-state index in [1.807, 2.05) is 0 Å². The molecule has 1 aliphatic heterocycles. The summed E-state index contributed by atoms with van der Waals surface area (Å²) in [4.78, 5) is 33.1. The molecule has 9 heteroatoms. The van der Waals surface area contributed by atoms with Gasteiger partial charge in [-0.25, -0.2) is 4.98 Å². The fourth-order valence-corrected chi connectivity index (χ4v) is 4.08.